The quantitative estimate of drug-likeness (QED) is 0.907. The van der Waals surface area contributed by atoms with Crippen LogP contribution < -0.4 is 5.73 Å². The molecule has 1 aromatic heterocycles. The van der Waals surface area contributed by atoms with Crippen LogP contribution in [0.15, 0.2) is 24.3 Å². The molecule has 0 bridgehead atoms. The molecule has 1 aromatic carbocycles. The van der Waals surface area contributed by atoms with Crippen LogP contribution in [0.2, 0.25) is 0 Å². The smallest absolute Gasteiger partial charge is 0.161 e. The Morgan fingerprint density at radius 1 is 1.00 bits per heavy atom. The molecule has 0 fully saturated rings. The van der Waals surface area contributed by atoms with Crippen LogP contribution in [0.3, 0.4) is 0 Å². The highest BCUT2D eigenvalue weighted by Crippen LogP contribution is 2.26. The Balaban J connectivity index is 2.34. The zero-order valence-corrected chi connectivity index (χ0v) is 13.6. The molecule has 0 saturated heterocycles. The normalized spacial score (nSPS) is 11.4. The lowest BCUT2D eigenvalue weighted by Gasteiger charge is -2.13. The maximum absolute atomic E-state index is 6.11. The van der Waals surface area contributed by atoms with Gasteiger partial charge in [-0.15, -0.1) is 0 Å². The fourth-order valence-electron chi connectivity index (χ4n) is 2.71. The summed E-state index contributed by atoms with van der Waals surface area (Å²) in [6, 6.07) is 8.48. The highest BCUT2D eigenvalue weighted by molar-refractivity contribution is 5.59. The molecule has 1 heterocycles. The predicted molar refractivity (Wildman–Crippen MR) is 89.2 cm³/mol. The van der Waals surface area contributed by atoms with E-state index in [1.54, 1.807) is 0 Å². The van der Waals surface area contributed by atoms with E-state index in [4.69, 9.17) is 5.73 Å². The number of aromatic nitrogens is 2. The first-order valence-corrected chi connectivity index (χ1v) is 7.61. The second kappa shape index (κ2) is 6.25. The highest BCUT2D eigenvalue weighted by Gasteiger charge is 2.13. The molecule has 0 aliphatic rings. The van der Waals surface area contributed by atoms with Crippen LogP contribution in [-0.2, 0) is 6.42 Å². The summed E-state index contributed by atoms with van der Waals surface area (Å²) < 4.78 is 0. The van der Waals surface area contributed by atoms with Crippen LogP contribution in [0.4, 0.5) is 5.82 Å². The average molecular weight is 283 g/mol. The minimum atomic E-state index is 0.340. The van der Waals surface area contributed by atoms with Crippen molar-refractivity contribution in [1.29, 1.82) is 0 Å². The molecule has 112 valence electrons. The van der Waals surface area contributed by atoms with Gasteiger partial charge in [-0.05, 0) is 30.7 Å². The molecule has 3 nitrogen and oxygen atoms in total. The summed E-state index contributed by atoms with van der Waals surface area (Å²) >= 11 is 0. The number of nitrogens with zero attached hydrogens (tertiary/aromatic N) is 2. The number of nitrogens with two attached hydrogens (primary N) is 1. The van der Waals surface area contributed by atoms with E-state index in [2.05, 4.69) is 61.9 Å². The first-order chi connectivity index (χ1) is 9.88. The van der Waals surface area contributed by atoms with Gasteiger partial charge in [-0.1, -0.05) is 52.0 Å². The summed E-state index contributed by atoms with van der Waals surface area (Å²) in [7, 11) is 0. The minimum absolute atomic E-state index is 0.340. The second-order valence-electron chi connectivity index (χ2n) is 6.38. The molecule has 0 amide bonds. The van der Waals surface area contributed by atoms with Crippen LogP contribution in [-0.4, -0.2) is 9.97 Å². The Morgan fingerprint density at radius 2 is 1.62 bits per heavy atom. The van der Waals surface area contributed by atoms with Crippen molar-refractivity contribution < 1.29 is 0 Å². The largest absolute Gasteiger partial charge is 0.383 e. The fourth-order valence-corrected chi connectivity index (χ4v) is 2.71. The van der Waals surface area contributed by atoms with E-state index in [9.17, 15) is 0 Å². The van der Waals surface area contributed by atoms with Gasteiger partial charge in [0.15, 0.2) is 5.82 Å². The van der Waals surface area contributed by atoms with E-state index in [0.29, 0.717) is 23.5 Å². The minimum Gasteiger partial charge on any atom is -0.383 e. The molecule has 0 radical (unpaired) electrons. The molecule has 3 heteroatoms. The van der Waals surface area contributed by atoms with Crippen molar-refractivity contribution in [1.82, 2.24) is 9.97 Å². The lowest BCUT2D eigenvalue weighted by Crippen LogP contribution is -2.06. The molecule has 0 spiro atoms. The van der Waals surface area contributed by atoms with Gasteiger partial charge in [0.25, 0.3) is 0 Å². The second-order valence-corrected chi connectivity index (χ2v) is 6.38. The van der Waals surface area contributed by atoms with Crippen LogP contribution in [0.1, 0.15) is 50.4 Å². The molecular formula is C18H25N3. The number of rotatable bonds is 4. The third kappa shape index (κ3) is 3.60. The van der Waals surface area contributed by atoms with Crippen LogP contribution in [0.5, 0.6) is 0 Å². The van der Waals surface area contributed by atoms with Crippen molar-refractivity contribution in [3.05, 3.63) is 41.1 Å². The zero-order chi connectivity index (χ0) is 15.6. The first-order valence-electron chi connectivity index (χ1n) is 7.61. The molecule has 0 unspecified atom stereocenters. The number of anilines is 1. The highest BCUT2D eigenvalue weighted by atomic mass is 15.0. The van der Waals surface area contributed by atoms with Gasteiger partial charge in [0.05, 0.1) is 0 Å². The number of nitrogen functional groups attached to an aromatic ring is 1. The Labute approximate surface area is 127 Å². The molecule has 0 aliphatic carbocycles. The molecule has 2 rings (SSSR count). The zero-order valence-electron chi connectivity index (χ0n) is 13.6. The Hall–Kier alpha value is -1.90. The topological polar surface area (TPSA) is 51.8 Å². The lowest BCUT2D eigenvalue weighted by molar-refractivity contribution is 0.647. The Kier molecular flexibility index (Phi) is 4.61. The monoisotopic (exact) mass is 283 g/mol. The van der Waals surface area contributed by atoms with Gasteiger partial charge in [-0.2, -0.15) is 0 Å². The summed E-state index contributed by atoms with van der Waals surface area (Å²) in [5.74, 6) is 2.31. The average Bonchev–Trinajstić information content (AvgIpc) is 2.37. The summed E-state index contributed by atoms with van der Waals surface area (Å²) in [5.41, 5.74) is 10.5. The lowest BCUT2D eigenvalue weighted by atomic mass is 10.0. The molecule has 21 heavy (non-hydrogen) atoms. The Morgan fingerprint density at radius 3 is 2.10 bits per heavy atom. The van der Waals surface area contributed by atoms with E-state index in [-0.39, 0.29) is 0 Å². The van der Waals surface area contributed by atoms with E-state index in [1.165, 1.54) is 5.56 Å². The first kappa shape index (κ1) is 15.5. The third-order valence-electron chi connectivity index (χ3n) is 3.60. The van der Waals surface area contributed by atoms with Crippen molar-refractivity contribution in [2.75, 3.05) is 5.73 Å². The van der Waals surface area contributed by atoms with Gasteiger partial charge in [-0.25, -0.2) is 9.97 Å². The molecular weight excluding hydrogens is 258 g/mol. The van der Waals surface area contributed by atoms with Gasteiger partial charge < -0.3 is 5.73 Å². The van der Waals surface area contributed by atoms with Gasteiger partial charge in [0.2, 0.25) is 0 Å². The van der Waals surface area contributed by atoms with E-state index in [1.807, 2.05) is 6.92 Å². The van der Waals surface area contributed by atoms with Crippen LogP contribution in [0, 0.1) is 12.8 Å². The molecule has 0 saturated carbocycles. The van der Waals surface area contributed by atoms with Crippen molar-refractivity contribution in [2.24, 2.45) is 5.92 Å². The van der Waals surface area contributed by atoms with Crippen LogP contribution in [0.25, 0.3) is 11.4 Å². The molecule has 2 N–H and O–H groups in total. The van der Waals surface area contributed by atoms with Gasteiger partial charge in [0, 0.05) is 16.8 Å². The fraction of sp³-hybridized carbons (Fsp3) is 0.444. The SMILES string of the molecule is Cc1nc(-c2ccc(CC(C)C)cc2)nc(N)c1C(C)C. The van der Waals surface area contributed by atoms with Gasteiger partial charge >= 0.3 is 0 Å². The number of hydrogen-bond acceptors (Lipinski definition) is 3. The predicted octanol–water partition coefficient (Wildman–Crippen LogP) is 4.36. The molecule has 0 atom stereocenters. The maximum atomic E-state index is 6.11. The van der Waals surface area contributed by atoms with Crippen LogP contribution >= 0.6 is 0 Å². The molecule has 0 aliphatic heterocycles. The standard InChI is InChI=1S/C18H25N3/c1-11(2)10-14-6-8-15(9-7-14)18-20-13(5)16(12(3)4)17(19)21-18/h6-9,11-12H,10H2,1-5H3,(H2,19,20,21). The van der Waals surface area contributed by atoms with E-state index >= 15 is 0 Å². The summed E-state index contributed by atoms with van der Waals surface area (Å²) in [6.45, 7) is 10.7. The van der Waals surface area contributed by atoms with Crippen molar-refractivity contribution >= 4 is 5.82 Å². The summed E-state index contributed by atoms with van der Waals surface area (Å²) in [6.07, 6.45) is 1.09. The van der Waals surface area contributed by atoms with Crippen molar-refractivity contribution in [3.63, 3.8) is 0 Å². The van der Waals surface area contributed by atoms with E-state index < -0.39 is 0 Å². The Bertz CT molecular complexity index is 590. The molecule has 2 aromatic rings. The van der Waals surface area contributed by atoms with Crippen molar-refractivity contribution in [2.45, 2.75) is 47.0 Å². The summed E-state index contributed by atoms with van der Waals surface area (Å²) in [4.78, 5) is 9.11. The number of aryl methyl sites for hydroxylation is 1. The van der Waals surface area contributed by atoms with E-state index in [0.717, 1.165) is 23.2 Å². The summed E-state index contributed by atoms with van der Waals surface area (Å²) in [5, 5.41) is 0. The van der Waals surface area contributed by atoms with Crippen molar-refractivity contribution in [3.8, 4) is 11.4 Å². The maximum Gasteiger partial charge on any atom is 0.161 e. The third-order valence-corrected chi connectivity index (χ3v) is 3.60. The van der Waals surface area contributed by atoms with Gasteiger partial charge in [0.1, 0.15) is 5.82 Å². The van der Waals surface area contributed by atoms with Gasteiger partial charge in [-0.3, -0.25) is 0 Å². The number of benzene rings is 1. The number of hydrogen-bond donors (Lipinski definition) is 1.